The Kier molecular flexibility index (Phi) is 3.79. The van der Waals surface area contributed by atoms with Gasteiger partial charge in [-0.25, -0.2) is 0 Å². The highest BCUT2D eigenvalue weighted by Gasteiger charge is 2.19. The van der Waals surface area contributed by atoms with Gasteiger partial charge in [0.1, 0.15) is 6.04 Å². The molecule has 0 unspecified atom stereocenters. The van der Waals surface area contributed by atoms with Crippen molar-refractivity contribution in [3.63, 3.8) is 0 Å². The SMILES string of the molecule is Cc1cccc(C(N=O)c2cccc(C)c2C)c1C. The minimum atomic E-state index is -0.417. The highest BCUT2D eigenvalue weighted by atomic mass is 16.3. The summed E-state index contributed by atoms with van der Waals surface area (Å²) in [5.41, 5.74) is 6.68. The molecule has 0 aliphatic carbocycles. The zero-order valence-electron chi connectivity index (χ0n) is 11.9. The maximum Gasteiger partial charge on any atom is 0.142 e. The van der Waals surface area contributed by atoms with E-state index in [0.29, 0.717) is 0 Å². The molecule has 2 nitrogen and oxygen atoms in total. The molecule has 0 fully saturated rings. The molecular weight excluding hydrogens is 234 g/mol. The summed E-state index contributed by atoms with van der Waals surface area (Å²) in [4.78, 5) is 11.4. The summed E-state index contributed by atoms with van der Waals surface area (Å²) in [6.45, 7) is 8.22. The van der Waals surface area contributed by atoms with Crippen molar-refractivity contribution in [2.24, 2.45) is 5.18 Å². The molecule has 0 aromatic heterocycles. The van der Waals surface area contributed by atoms with Crippen molar-refractivity contribution >= 4 is 0 Å². The number of benzene rings is 2. The highest BCUT2D eigenvalue weighted by Crippen LogP contribution is 2.32. The number of rotatable bonds is 3. The fourth-order valence-corrected chi connectivity index (χ4v) is 2.42. The zero-order chi connectivity index (χ0) is 14.0. The van der Waals surface area contributed by atoms with Gasteiger partial charge >= 0.3 is 0 Å². The van der Waals surface area contributed by atoms with Crippen molar-refractivity contribution in [3.05, 3.63) is 74.7 Å². The molecule has 0 aliphatic heterocycles. The molecule has 0 aliphatic rings. The van der Waals surface area contributed by atoms with E-state index in [0.717, 1.165) is 22.3 Å². The van der Waals surface area contributed by atoms with Gasteiger partial charge in [-0.2, -0.15) is 0 Å². The number of nitroso groups, excluding NO2 is 1. The van der Waals surface area contributed by atoms with Crippen LogP contribution in [0, 0.1) is 32.6 Å². The fourth-order valence-electron chi connectivity index (χ4n) is 2.42. The third-order valence-electron chi connectivity index (χ3n) is 3.99. The first-order chi connectivity index (χ1) is 9.06. The Morgan fingerprint density at radius 2 is 1.21 bits per heavy atom. The molecule has 0 saturated carbocycles. The lowest BCUT2D eigenvalue weighted by molar-refractivity contribution is 0.840. The lowest BCUT2D eigenvalue weighted by atomic mass is 9.90. The summed E-state index contributed by atoms with van der Waals surface area (Å²) in [5, 5.41) is 3.38. The van der Waals surface area contributed by atoms with E-state index in [1.807, 2.05) is 38.1 Å². The monoisotopic (exact) mass is 253 g/mol. The smallest absolute Gasteiger partial charge is 0.142 e. The van der Waals surface area contributed by atoms with E-state index in [1.165, 1.54) is 11.1 Å². The molecule has 0 radical (unpaired) electrons. The molecule has 0 saturated heterocycles. The predicted octanol–water partition coefficient (Wildman–Crippen LogP) is 4.78. The van der Waals surface area contributed by atoms with E-state index in [2.05, 4.69) is 31.2 Å². The number of hydrogen-bond acceptors (Lipinski definition) is 2. The first-order valence-corrected chi connectivity index (χ1v) is 6.51. The van der Waals surface area contributed by atoms with E-state index in [9.17, 15) is 4.91 Å². The fraction of sp³-hybridized carbons (Fsp3) is 0.294. The first kappa shape index (κ1) is 13.5. The maximum absolute atomic E-state index is 11.4. The van der Waals surface area contributed by atoms with Crippen LogP contribution in [0.4, 0.5) is 0 Å². The van der Waals surface area contributed by atoms with Crippen LogP contribution in [-0.2, 0) is 0 Å². The Morgan fingerprint density at radius 3 is 1.58 bits per heavy atom. The summed E-state index contributed by atoms with van der Waals surface area (Å²) in [6.07, 6.45) is 0. The molecule has 0 bridgehead atoms. The minimum Gasteiger partial charge on any atom is -0.150 e. The first-order valence-electron chi connectivity index (χ1n) is 6.51. The van der Waals surface area contributed by atoms with Gasteiger partial charge in [-0.1, -0.05) is 41.6 Å². The lowest BCUT2D eigenvalue weighted by Gasteiger charge is -2.17. The van der Waals surface area contributed by atoms with Gasteiger partial charge in [-0.05, 0) is 61.1 Å². The molecule has 0 atom stereocenters. The predicted molar refractivity (Wildman–Crippen MR) is 79.5 cm³/mol. The third-order valence-corrected chi connectivity index (χ3v) is 3.99. The maximum atomic E-state index is 11.4. The Labute approximate surface area is 114 Å². The molecule has 98 valence electrons. The molecule has 0 spiro atoms. The molecule has 2 aromatic carbocycles. The van der Waals surface area contributed by atoms with Crippen LogP contribution in [0.5, 0.6) is 0 Å². The van der Waals surface area contributed by atoms with Crippen LogP contribution in [-0.4, -0.2) is 0 Å². The van der Waals surface area contributed by atoms with Crippen molar-refractivity contribution < 1.29 is 0 Å². The number of aryl methyl sites for hydroxylation is 2. The topological polar surface area (TPSA) is 29.4 Å². The van der Waals surface area contributed by atoms with Crippen LogP contribution in [0.3, 0.4) is 0 Å². The second kappa shape index (κ2) is 5.35. The normalized spacial score (nSPS) is 10.8. The third kappa shape index (κ3) is 2.43. The van der Waals surface area contributed by atoms with Crippen molar-refractivity contribution in [2.45, 2.75) is 33.7 Å². The van der Waals surface area contributed by atoms with Crippen molar-refractivity contribution in [1.29, 1.82) is 0 Å². The van der Waals surface area contributed by atoms with Gasteiger partial charge in [0, 0.05) is 0 Å². The molecule has 2 aromatic rings. The van der Waals surface area contributed by atoms with Crippen LogP contribution in [0.1, 0.15) is 39.4 Å². The van der Waals surface area contributed by atoms with Crippen molar-refractivity contribution in [1.82, 2.24) is 0 Å². The van der Waals surface area contributed by atoms with Crippen molar-refractivity contribution in [3.8, 4) is 0 Å². The quantitative estimate of drug-likeness (QED) is 0.724. The van der Waals surface area contributed by atoms with Gasteiger partial charge < -0.3 is 0 Å². The summed E-state index contributed by atoms with van der Waals surface area (Å²) in [6, 6.07) is 11.7. The van der Waals surface area contributed by atoms with Gasteiger partial charge in [0.25, 0.3) is 0 Å². The van der Waals surface area contributed by atoms with E-state index in [4.69, 9.17) is 0 Å². The van der Waals surface area contributed by atoms with Gasteiger partial charge in [0.2, 0.25) is 0 Å². The molecule has 0 N–H and O–H groups in total. The van der Waals surface area contributed by atoms with Crippen LogP contribution < -0.4 is 0 Å². The van der Waals surface area contributed by atoms with Crippen LogP contribution in [0.25, 0.3) is 0 Å². The van der Waals surface area contributed by atoms with Crippen molar-refractivity contribution in [2.75, 3.05) is 0 Å². The molecule has 0 amide bonds. The van der Waals surface area contributed by atoms with Gasteiger partial charge in [0.05, 0.1) is 0 Å². The van der Waals surface area contributed by atoms with Crippen LogP contribution >= 0.6 is 0 Å². The molecule has 0 heterocycles. The Hall–Kier alpha value is -1.96. The summed E-state index contributed by atoms with van der Waals surface area (Å²) in [7, 11) is 0. The molecular formula is C17H19NO. The lowest BCUT2D eigenvalue weighted by Crippen LogP contribution is -2.04. The summed E-state index contributed by atoms with van der Waals surface area (Å²) >= 11 is 0. The highest BCUT2D eigenvalue weighted by molar-refractivity contribution is 5.44. The Bertz CT molecular complexity index is 565. The Morgan fingerprint density at radius 1 is 0.789 bits per heavy atom. The number of hydrogen-bond donors (Lipinski definition) is 0. The summed E-state index contributed by atoms with van der Waals surface area (Å²) in [5.74, 6) is 0. The molecule has 2 rings (SSSR count). The van der Waals surface area contributed by atoms with E-state index < -0.39 is 6.04 Å². The van der Waals surface area contributed by atoms with E-state index >= 15 is 0 Å². The van der Waals surface area contributed by atoms with Crippen LogP contribution in [0.2, 0.25) is 0 Å². The summed E-state index contributed by atoms with van der Waals surface area (Å²) < 4.78 is 0. The Balaban J connectivity index is 2.60. The molecule has 19 heavy (non-hydrogen) atoms. The average Bonchev–Trinajstić information content (AvgIpc) is 2.40. The van der Waals surface area contributed by atoms with Gasteiger partial charge in [-0.15, -0.1) is 4.91 Å². The number of nitrogens with zero attached hydrogens (tertiary/aromatic N) is 1. The molecule has 2 heteroatoms. The largest absolute Gasteiger partial charge is 0.150 e. The van der Waals surface area contributed by atoms with E-state index in [1.54, 1.807) is 0 Å². The second-order valence-electron chi connectivity index (χ2n) is 5.09. The van der Waals surface area contributed by atoms with Gasteiger partial charge in [-0.3, -0.25) is 0 Å². The second-order valence-corrected chi connectivity index (χ2v) is 5.09. The average molecular weight is 253 g/mol. The van der Waals surface area contributed by atoms with E-state index in [-0.39, 0.29) is 0 Å². The minimum absolute atomic E-state index is 0.417. The zero-order valence-corrected chi connectivity index (χ0v) is 11.9. The standard InChI is InChI=1S/C17H19NO/c1-11-7-5-9-15(13(11)3)17(18-19)16-10-6-8-12(2)14(16)4/h5-10,17H,1-4H3. The van der Waals surface area contributed by atoms with Gasteiger partial charge in [0.15, 0.2) is 0 Å². The van der Waals surface area contributed by atoms with Crippen LogP contribution in [0.15, 0.2) is 41.6 Å².